The first kappa shape index (κ1) is 19.5. The third-order valence-electron chi connectivity index (χ3n) is 4.22. The number of amides is 1. The van der Waals surface area contributed by atoms with E-state index in [4.69, 9.17) is 4.74 Å². The summed E-state index contributed by atoms with van der Waals surface area (Å²) in [6.07, 6.45) is 0.741. The number of fused-ring (bicyclic) bond motifs is 1. The highest BCUT2D eigenvalue weighted by atomic mass is 32.2. The second-order valence-corrected chi connectivity index (χ2v) is 8.75. The van der Waals surface area contributed by atoms with E-state index in [0.717, 1.165) is 30.2 Å². The molecule has 144 valence electrons. The third-order valence-corrected chi connectivity index (χ3v) is 6.66. The molecular weight excluding hydrogens is 395 g/mol. The van der Waals surface area contributed by atoms with Crippen LogP contribution in [0.1, 0.15) is 20.8 Å². The van der Waals surface area contributed by atoms with E-state index in [1.54, 1.807) is 16.2 Å². The summed E-state index contributed by atoms with van der Waals surface area (Å²) >= 11 is 1.64. The average Bonchev–Trinajstić information content (AvgIpc) is 3.13. The Labute approximate surface area is 159 Å². The molecule has 7 nitrogen and oxygen atoms in total. The minimum Gasteiger partial charge on any atom is -0.452 e. The minimum absolute atomic E-state index is 0.273. The van der Waals surface area contributed by atoms with Gasteiger partial charge in [-0.3, -0.25) is 4.79 Å². The van der Waals surface area contributed by atoms with Crippen LogP contribution in [-0.4, -0.2) is 45.4 Å². The predicted molar refractivity (Wildman–Crippen MR) is 96.4 cm³/mol. The molecule has 27 heavy (non-hydrogen) atoms. The molecule has 1 aliphatic rings. The van der Waals surface area contributed by atoms with Crippen LogP contribution in [0.2, 0.25) is 0 Å². The van der Waals surface area contributed by atoms with E-state index in [1.807, 2.05) is 11.4 Å². The zero-order chi connectivity index (χ0) is 19.6. The Kier molecular flexibility index (Phi) is 5.59. The fourth-order valence-corrected chi connectivity index (χ4v) is 4.35. The first-order valence-electron chi connectivity index (χ1n) is 8.05. The fourth-order valence-electron chi connectivity index (χ4n) is 2.70. The van der Waals surface area contributed by atoms with Crippen LogP contribution in [0.15, 0.2) is 34.5 Å². The minimum atomic E-state index is -3.84. The quantitative estimate of drug-likeness (QED) is 0.752. The van der Waals surface area contributed by atoms with Crippen molar-refractivity contribution in [2.75, 3.05) is 20.2 Å². The molecule has 1 amide bonds. The first-order chi connectivity index (χ1) is 12.8. The molecule has 0 aliphatic carbocycles. The van der Waals surface area contributed by atoms with Gasteiger partial charge in [-0.15, -0.1) is 11.3 Å². The number of carbonyl (C=O) groups is 2. The standard InChI is InChI=1S/C17H17FN2O5S2/c1-19-27(23,24)12-2-3-14(18)13(8-12)17(22)25-10-16(21)20-6-4-15-11(9-20)5-7-26-15/h2-3,5,7-8,19H,4,6,9-10H2,1H3. The molecule has 1 aromatic carbocycles. The van der Waals surface area contributed by atoms with Gasteiger partial charge >= 0.3 is 5.97 Å². The van der Waals surface area contributed by atoms with Crippen LogP contribution in [0.4, 0.5) is 4.39 Å². The molecule has 0 spiro atoms. The van der Waals surface area contributed by atoms with Crippen LogP contribution in [0.5, 0.6) is 0 Å². The van der Waals surface area contributed by atoms with Crippen LogP contribution in [0.3, 0.4) is 0 Å². The van der Waals surface area contributed by atoms with E-state index >= 15 is 0 Å². The monoisotopic (exact) mass is 412 g/mol. The molecule has 2 aromatic rings. The Bertz CT molecular complexity index is 987. The second kappa shape index (κ2) is 7.75. The largest absolute Gasteiger partial charge is 0.452 e. The number of sulfonamides is 1. The highest BCUT2D eigenvalue weighted by Crippen LogP contribution is 2.24. The highest BCUT2D eigenvalue weighted by molar-refractivity contribution is 7.89. The van der Waals surface area contributed by atoms with E-state index in [9.17, 15) is 22.4 Å². The number of carbonyl (C=O) groups excluding carboxylic acids is 2. The molecule has 1 aromatic heterocycles. The number of nitrogens with zero attached hydrogens (tertiary/aromatic N) is 1. The van der Waals surface area contributed by atoms with Crippen LogP contribution < -0.4 is 4.72 Å². The molecular formula is C17H17FN2O5S2. The number of thiophene rings is 1. The van der Waals surface area contributed by atoms with Crippen molar-refractivity contribution < 1.29 is 27.1 Å². The molecule has 0 unspecified atom stereocenters. The second-order valence-electron chi connectivity index (χ2n) is 5.86. The van der Waals surface area contributed by atoms with Gasteiger partial charge in [0.25, 0.3) is 5.91 Å². The lowest BCUT2D eigenvalue weighted by molar-refractivity contribution is -0.135. The van der Waals surface area contributed by atoms with Gasteiger partial charge in [0.2, 0.25) is 10.0 Å². The predicted octanol–water partition coefficient (Wildman–Crippen LogP) is 1.54. The average molecular weight is 412 g/mol. The van der Waals surface area contributed by atoms with E-state index in [2.05, 4.69) is 4.72 Å². The Morgan fingerprint density at radius 1 is 1.33 bits per heavy atom. The van der Waals surface area contributed by atoms with Crippen LogP contribution in [-0.2, 0) is 32.5 Å². The van der Waals surface area contributed by atoms with Crippen molar-refractivity contribution in [1.29, 1.82) is 0 Å². The molecule has 0 radical (unpaired) electrons. The topological polar surface area (TPSA) is 92.8 Å². The maximum Gasteiger partial charge on any atom is 0.341 e. The van der Waals surface area contributed by atoms with Gasteiger partial charge in [-0.05, 0) is 48.7 Å². The number of hydrogen-bond donors (Lipinski definition) is 1. The van der Waals surface area contributed by atoms with Gasteiger partial charge in [-0.2, -0.15) is 0 Å². The molecule has 0 atom stereocenters. The number of nitrogens with one attached hydrogen (secondary N) is 1. The van der Waals surface area contributed by atoms with Crippen LogP contribution in [0, 0.1) is 5.82 Å². The number of rotatable bonds is 5. The summed E-state index contributed by atoms with van der Waals surface area (Å²) in [6.45, 7) is 0.425. The van der Waals surface area contributed by atoms with Gasteiger partial charge in [0.05, 0.1) is 10.5 Å². The number of benzene rings is 1. The van der Waals surface area contributed by atoms with Gasteiger partial charge in [-0.25, -0.2) is 22.3 Å². The number of ether oxygens (including phenoxy) is 1. The molecule has 1 aliphatic heterocycles. The summed E-state index contributed by atoms with van der Waals surface area (Å²) in [5.41, 5.74) is 0.528. The maximum atomic E-state index is 13.9. The molecule has 10 heteroatoms. The smallest absolute Gasteiger partial charge is 0.341 e. The molecule has 0 fully saturated rings. The van der Waals surface area contributed by atoms with Crippen molar-refractivity contribution in [3.8, 4) is 0 Å². The summed E-state index contributed by atoms with van der Waals surface area (Å²) in [5.74, 6) is -2.41. The van der Waals surface area contributed by atoms with Gasteiger partial charge in [0, 0.05) is 18.0 Å². The Balaban J connectivity index is 1.66. The molecule has 0 saturated carbocycles. The van der Waals surface area contributed by atoms with E-state index in [0.29, 0.717) is 13.1 Å². The SMILES string of the molecule is CNS(=O)(=O)c1ccc(F)c(C(=O)OCC(=O)N2CCc3sccc3C2)c1. The molecule has 0 saturated heterocycles. The van der Waals surface area contributed by atoms with Gasteiger partial charge < -0.3 is 9.64 Å². The lowest BCUT2D eigenvalue weighted by Gasteiger charge is -2.26. The molecule has 1 N–H and O–H groups in total. The highest BCUT2D eigenvalue weighted by Gasteiger charge is 2.24. The van der Waals surface area contributed by atoms with Crippen molar-refractivity contribution >= 4 is 33.2 Å². The van der Waals surface area contributed by atoms with E-state index < -0.39 is 34.0 Å². The van der Waals surface area contributed by atoms with Crippen LogP contribution >= 0.6 is 11.3 Å². The lowest BCUT2D eigenvalue weighted by Crippen LogP contribution is -2.38. The Morgan fingerprint density at radius 3 is 2.85 bits per heavy atom. The zero-order valence-electron chi connectivity index (χ0n) is 14.4. The van der Waals surface area contributed by atoms with E-state index in [-0.39, 0.29) is 10.8 Å². The first-order valence-corrected chi connectivity index (χ1v) is 10.4. The summed E-state index contributed by atoms with van der Waals surface area (Å²) in [4.78, 5) is 26.9. The lowest BCUT2D eigenvalue weighted by atomic mass is 10.1. The number of hydrogen-bond acceptors (Lipinski definition) is 6. The van der Waals surface area contributed by atoms with Crippen molar-refractivity contribution in [2.24, 2.45) is 0 Å². The third kappa shape index (κ3) is 4.18. The zero-order valence-corrected chi connectivity index (χ0v) is 16.0. The molecule has 0 bridgehead atoms. The molecule has 3 rings (SSSR count). The van der Waals surface area contributed by atoms with Gasteiger partial charge in [0.15, 0.2) is 6.61 Å². The number of halogens is 1. The van der Waals surface area contributed by atoms with Gasteiger partial charge in [-0.1, -0.05) is 0 Å². The van der Waals surface area contributed by atoms with Crippen molar-refractivity contribution in [3.63, 3.8) is 0 Å². The van der Waals surface area contributed by atoms with Crippen molar-refractivity contribution in [2.45, 2.75) is 17.9 Å². The molecule has 2 heterocycles. The summed E-state index contributed by atoms with van der Waals surface area (Å²) in [7, 11) is -2.64. The maximum absolute atomic E-state index is 13.9. The normalized spacial score (nSPS) is 13.9. The fraction of sp³-hybridized carbons (Fsp3) is 0.294. The van der Waals surface area contributed by atoms with Crippen LogP contribution in [0.25, 0.3) is 0 Å². The number of esters is 1. The van der Waals surface area contributed by atoms with Crippen molar-refractivity contribution in [1.82, 2.24) is 9.62 Å². The van der Waals surface area contributed by atoms with E-state index in [1.165, 1.54) is 11.9 Å². The Hall–Kier alpha value is -2.30. The summed E-state index contributed by atoms with van der Waals surface area (Å²) < 4.78 is 44.5. The summed E-state index contributed by atoms with van der Waals surface area (Å²) in [6, 6.07) is 4.74. The Morgan fingerprint density at radius 2 is 2.11 bits per heavy atom. The van der Waals surface area contributed by atoms with Gasteiger partial charge in [0.1, 0.15) is 5.82 Å². The summed E-state index contributed by atoms with van der Waals surface area (Å²) in [5, 5.41) is 1.97. The van der Waals surface area contributed by atoms with Crippen molar-refractivity contribution in [3.05, 3.63) is 51.5 Å².